The molecule has 190 valence electrons. The van der Waals surface area contributed by atoms with Crippen LogP contribution < -0.4 is 10.1 Å². The van der Waals surface area contributed by atoms with E-state index in [1.807, 2.05) is 29.6 Å². The summed E-state index contributed by atoms with van der Waals surface area (Å²) in [7, 11) is 2.93. The predicted molar refractivity (Wildman–Crippen MR) is 138 cm³/mol. The van der Waals surface area contributed by atoms with E-state index in [4.69, 9.17) is 14.2 Å². The van der Waals surface area contributed by atoms with Crippen molar-refractivity contribution in [1.29, 1.82) is 0 Å². The highest BCUT2D eigenvalue weighted by Crippen LogP contribution is 2.41. The number of hydrogen-bond acceptors (Lipinski definition) is 9. The third-order valence-electron chi connectivity index (χ3n) is 6.27. The Morgan fingerprint density at radius 2 is 2.00 bits per heavy atom. The van der Waals surface area contributed by atoms with Gasteiger partial charge >= 0.3 is 5.97 Å². The summed E-state index contributed by atoms with van der Waals surface area (Å²) >= 11 is 2.64. The summed E-state index contributed by atoms with van der Waals surface area (Å²) in [4.78, 5) is 25.5. The highest BCUT2D eigenvalue weighted by molar-refractivity contribution is 7.99. The van der Waals surface area contributed by atoms with Gasteiger partial charge < -0.3 is 24.1 Å². The van der Waals surface area contributed by atoms with Gasteiger partial charge in [-0.15, -0.1) is 21.5 Å². The minimum atomic E-state index is -0.504. The SMILES string of the molecule is COC(=O)c1c(-c2ccc(OC)cc2)csc1NC(=O)CSc1nnc(C2CC2)n1CC1CCCO1. The number of benzene rings is 1. The molecule has 11 heteroatoms. The lowest BCUT2D eigenvalue weighted by molar-refractivity contribution is -0.113. The van der Waals surface area contributed by atoms with E-state index in [2.05, 4.69) is 20.1 Å². The van der Waals surface area contributed by atoms with E-state index in [1.54, 1.807) is 7.11 Å². The van der Waals surface area contributed by atoms with Crippen LogP contribution in [0.15, 0.2) is 34.8 Å². The maximum Gasteiger partial charge on any atom is 0.341 e. The summed E-state index contributed by atoms with van der Waals surface area (Å²) in [6.45, 7) is 1.50. The molecule has 1 amide bonds. The molecule has 2 fully saturated rings. The molecule has 1 atom stereocenters. The van der Waals surface area contributed by atoms with Gasteiger partial charge in [0.2, 0.25) is 5.91 Å². The van der Waals surface area contributed by atoms with Crippen LogP contribution in [-0.4, -0.2) is 59.3 Å². The van der Waals surface area contributed by atoms with E-state index in [-0.39, 0.29) is 17.8 Å². The van der Waals surface area contributed by atoms with E-state index in [0.717, 1.165) is 54.6 Å². The third kappa shape index (κ3) is 5.42. The molecule has 36 heavy (non-hydrogen) atoms. The second-order valence-corrected chi connectivity index (χ2v) is 10.6. The zero-order chi connectivity index (χ0) is 25.1. The Hall–Kier alpha value is -2.89. The molecule has 2 aliphatic rings. The molecule has 1 aromatic carbocycles. The van der Waals surface area contributed by atoms with Crippen LogP contribution in [0.1, 0.15) is 47.8 Å². The van der Waals surface area contributed by atoms with Crippen LogP contribution in [-0.2, 0) is 20.8 Å². The Labute approximate surface area is 217 Å². The molecule has 1 saturated heterocycles. The highest BCUT2D eigenvalue weighted by Gasteiger charge is 2.32. The fourth-order valence-electron chi connectivity index (χ4n) is 4.24. The Kier molecular flexibility index (Phi) is 7.59. The minimum absolute atomic E-state index is 0.144. The van der Waals surface area contributed by atoms with Gasteiger partial charge in [-0.05, 0) is 43.4 Å². The molecule has 1 aliphatic carbocycles. The average molecular weight is 529 g/mol. The number of nitrogens with zero attached hydrogens (tertiary/aromatic N) is 3. The van der Waals surface area contributed by atoms with Gasteiger partial charge in [-0.1, -0.05) is 23.9 Å². The van der Waals surface area contributed by atoms with Crippen LogP contribution >= 0.6 is 23.1 Å². The van der Waals surface area contributed by atoms with E-state index < -0.39 is 5.97 Å². The maximum absolute atomic E-state index is 12.9. The fraction of sp³-hybridized carbons (Fsp3) is 0.440. The maximum atomic E-state index is 12.9. The summed E-state index contributed by atoms with van der Waals surface area (Å²) in [6, 6.07) is 7.39. The van der Waals surface area contributed by atoms with Gasteiger partial charge in [0.25, 0.3) is 0 Å². The third-order valence-corrected chi connectivity index (χ3v) is 8.13. The first-order valence-electron chi connectivity index (χ1n) is 11.9. The quantitative estimate of drug-likeness (QED) is 0.301. The smallest absolute Gasteiger partial charge is 0.341 e. The first-order chi connectivity index (χ1) is 17.6. The van der Waals surface area contributed by atoms with Crippen molar-refractivity contribution in [3.8, 4) is 16.9 Å². The van der Waals surface area contributed by atoms with Gasteiger partial charge in [0.15, 0.2) is 5.16 Å². The number of thioether (sulfide) groups is 1. The number of aromatic nitrogens is 3. The van der Waals surface area contributed by atoms with Crippen LogP contribution in [0.3, 0.4) is 0 Å². The lowest BCUT2D eigenvalue weighted by atomic mass is 10.0. The monoisotopic (exact) mass is 528 g/mol. The second-order valence-electron chi connectivity index (χ2n) is 8.77. The summed E-state index contributed by atoms with van der Waals surface area (Å²) in [5, 5.41) is 14.7. The zero-order valence-corrected chi connectivity index (χ0v) is 21.8. The number of carbonyl (C=O) groups excluding carboxylic acids is 2. The predicted octanol–water partition coefficient (Wildman–Crippen LogP) is 4.59. The summed E-state index contributed by atoms with van der Waals surface area (Å²) in [5.41, 5.74) is 1.86. The van der Waals surface area contributed by atoms with Crippen LogP contribution in [0.25, 0.3) is 11.1 Å². The molecule has 3 aromatic rings. The van der Waals surface area contributed by atoms with Crippen molar-refractivity contribution in [2.75, 3.05) is 31.9 Å². The fourth-order valence-corrected chi connectivity index (χ4v) is 5.97. The van der Waals surface area contributed by atoms with Crippen LogP contribution in [0.4, 0.5) is 5.00 Å². The van der Waals surface area contributed by atoms with E-state index in [9.17, 15) is 9.59 Å². The summed E-state index contributed by atoms with van der Waals surface area (Å²) in [5.74, 6) is 1.57. The van der Waals surface area contributed by atoms with E-state index in [0.29, 0.717) is 28.6 Å². The highest BCUT2D eigenvalue weighted by atomic mass is 32.2. The Morgan fingerprint density at radius 3 is 2.67 bits per heavy atom. The van der Waals surface area contributed by atoms with Gasteiger partial charge in [0.05, 0.1) is 32.6 Å². The number of esters is 1. The van der Waals surface area contributed by atoms with Gasteiger partial charge in [-0.3, -0.25) is 4.79 Å². The van der Waals surface area contributed by atoms with E-state index >= 15 is 0 Å². The number of ether oxygens (including phenoxy) is 3. The molecule has 3 heterocycles. The molecule has 2 aromatic heterocycles. The number of amides is 1. The van der Waals surface area contributed by atoms with Gasteiger partial charge in [0, 0.05) is 23.5 Å². The molecule has 5 rings (SSSR count). The molecule has 1 aliphatic heterocycles. The molecular weight excluding hydrogens is 500 g/mol. The second kappa shape index (κ2) is 11.0. The lowest BCUT2D eigenvalue weighted by Crippen LogP contribution is -2.19. The normalized spacial score (nSPS) is 17.2. The van der Waals surface area contributed by atoms with Gasteiger partial charge in [0.1, 0.15) is 22.1 Å². The topological polar surface area (TPSA) is 105 Å². The molecule has 0 bridgehead atoms. The standard InChI is InChI=1S/C25H28N4O5S2/c1-32-17-9-7-15(8-10-17)19-13-35-23(21(19)24(31)33-2)26-20(30)14-36-25-28-27-22(16-5-6-16)29(25)12-18-4-3-11-34-18/h7-10,13,16,18H,3-6,11-12,14H2,1-2H3,(H,26,30). The largest absolute Gasteiger partial charge is 0.497 e. The first kappa shape index (κ1) is 24.8. The van der Waals surface area contributed by atoms with Crippen LogP contribution in [0.5, 0.6) is 5.75 Å². The lowest BCUT2D eigenvalue weighted by Gasteiger charge is -2.14. The van der Waals surface area contributed by atoms with Crippen molar-refractivity contribution in [3.05, 3.63) is 41.0 Å². The van der Waals surface area contributed by atoms with Crippen molar-refractivity contribution in [1.82, 2.24) is 14.8 Å². The van der Waals surface area contributed by atoms with E-state index in [1.165, 1.54) is 30.2 Å². The number of methoxy groups -OCH3 is 2. The van der Waals surface area contributed by atoms with Crippen molar-refractivity contribution >= 4 is 40.0 Å². The number of anilines is 1. The molecule has 1 saturated carbocycles. The first-order valence-corrected chi connectivity index (χ1v) is 13.8. The number of thiophene rings is 1. The van der Waals surface area contributed by atoms with Gasteiger partial charge in [-0.25, -0.2) is 4.79 Å². The zero-order valence-electron chi connectivity index (χ0n) is 20.2. The van der Waals surface area contributed by atoms with Crippen molar-refractivity contribution in [2.24, 2.45) is 0 Å². The average Bonchev–Trinajstić information content (AvgIpc) is 3.27. The van der Waals surface area contributed by atoms with Crippen molar-refractivity contribution in [2.45, 2.75) is 49.4 Å². The molecular formula is C25H28N4O5S2. The Morgan fingerprint density at radius 1 is 1.19 bits per heavy atom. The molecule has 0 radical (unpaired) electrons. The van der Waals surface area contributed by atoms with Crippen LogP contribution in [0.2, 0.25) is 0 Å². The molecule has 0 spiro atoms. The van der Waals surface area contributed by atoms with Crippen molar-refractivity contribution in [3.63, 3.8) is 0 Å². The molecule has 1 N–H and O–H groups in total. The summed E-state index contributed by atoms with van der Waals surface area (Å²) in [6.07, 6.45) is 4.51. The Balaban J connectivity index is 1.29. The van der Waals surface area contributed by atoms with Crippen molar-refractivity contribution < 1.29 is 23.8 Å². The number of rotatable bonds is 10. The molecule has 9 nitrogen and oxygen atoms in total. The summed E-state index contributed by atoms with van der Waals surface area (Å²) < 4.78 is 18.2. The number of nitrogens with one attached hydrogen (secondary N) is 1. The number of hydrogen-bond donors (Lipinski definition) is 1. The van der Waals surface area contributed by atoms with Crippen LogP contribution in [0, 0.1) is 0 Å². The minimum Gasteiger partial charge on any atom is -0.497 e. The number of carbonyl (C=O) groups is 2. The Bertz CT molecular complexity index is 1230. The molecule has 1 unspecified atom stereocenters. The van der Waals surface area contributed by atoms with Gasteiger partial charge in [-0.2, -0.15) is 0 Å².